The number of rotatable bonds is 5. The normalized spacial score (nSPS) is 19.8. The second-order valence-corrected chi connectivity index (χ2v) is 5.89. The first-order valence-corrected chi connectivity index (χ1v) is 7.90. The lowest BCUT2D eigenvalue weighted by Crippen LogP contribution is -2.50. The lowest BCUT2D eigenvalue weighted by atomic mass is 9.92. The highest BCUT2D eigenvalue weighted by Gasteiger charge is 2.29. The zero-order chi connectivity index (χ0) is 14.4. The van der Waals surface area contributed by atoms with Gasteiger partial charge in [-0.2, -0.15) is 0 Å². The molecule has 1 fully saturated rings. The van der Waals surface area contributed by atoms with Crippen molar-refractivity contribution in [3.8, 4) is 0 Å². The molecule has 1 N–H and O–H groups in total. The summed E-state index contributed by atoms with van der Waals surface area (Å²) in [5.41, 5.74) is 1.08. The monoisotopic (exact) mass is 278 g/mol. The van der Waals surface area contributed by atoms with Gasteiger partial charge in [-0.1, -0.05) is 32.0 Å². The van der Waals surface area contributed by atoms with E-state index in [1.54, 1.807) is 12.1 Å². The van der Waals surface area contributed by atoms with Crippen molar-refractivity contribution in [3.63, 3.8) is 0 Å². The van der Waals surface area contributed by atoms with Gasteiger partial charge in [-0.3, -0.25) is 0 Å². The van der Waals surface area contributed by atoms with E-state index in [2.05, 4.69) is 24.1 Å². The van der Waals surface area contributed by atoms with Crippen LogP contribution in [0.3, 0.4) is 0 Å². The van der Waals surface area contributed by atoms with Gasteiger partial charge in [0.25, 0.3) is 0 Å². The highest BCUT2D eigenvalue weighted by molar-refractivity contribution is 5.17. The molecule has 0 radical (unpaired) electrons. The second-order valence-electron chi connectivity index (χ2n) is 5.89. The first-order chi connectivity index (χ1) is 9.69. The highest BCUT2D eigenvalue weighted by atomic mass is 19.1. The standard InChI is InChI=1S/C17H27FN2/c1-3-17(4-2)14-20(12-7-11-19-17)13-10-15-8-5-6-9-16(15)18/h5-6,8-9,19H,3-4,7,10-14H2,1-2H3. The van der Waals surface area contributed by atoms with Crippen LogP contribution in [0.2, 0.25) is 0 Å². The number of nitrogens with zero attached hydrogens (tertiary/aromatic N) is 1. The summed E-state index contributed by atoms with van der Waals surface area (Å²) in [5, 5.41) is 3.72. The lowest BCUT2D eigenvalue weighted by molar-refractivity contribution is 0.198. The van der Waals surface area contributed by atoms with E-state index in [1.807, 2.05) is 12.1 Å². The van der Waals surface area contributed by atoms with Crippen LogP contribution in [-0.4, -0.2) is 36.6 Å². The van der Waals surface area contributed by atoms with Crippen LogP contribution >= 0.6 is 0 Å². The fourth-order valence-corrected chi connectivity index (χ4v) is 3.11. The smallest absolute Gasteiger partial charge is 0.126 e. The zero-order valence-corrected chi connectivity index (χ0v) is 12.8. The number of benzene rings is 1. The fourth-order valence-electron chi connectivity index (χ4n) is 3.11. The van der Waals surface area contributed by atoms with Crippen molar-refractivity contribution in [3.05, 3.63) is 35.6 Å². The van der Waals surface area contributed by atoms with Crippen LogP contribution in [0.25, 0.3) is 0 Å². The maximum absolute atomic E-state index is 13.7. The van der Waals surface area contributed by atoms with E-state index in [0.29, 0.717) is 0 Å². The van der Waals surface area contributed by atoms with E-state index in [0.717, 1.165) is 51.0 Å². The summed E-state index contributed by atoms with van der Waals surface area (Å²) in [4.78, 5) is 2.50. The number of hydrogen-bond donors (Lipinski definition) is 1. The first kappa shape index (κ1) is 15.5. The number of halogens is 1. The van der Waals surface area contributed by atoms with Crippen LogP contribution in [0.5, 0.6) is 0 Å². The molecule has 1 aromatic carbocycles. The summed E-state index contributed by atoms with van der Waals surface area (Å²) in [6.45, 7) is 8.76. The zero-order valence-electron chi connectivity index (χ0n) is 12.8. The van der Waals surface area contributed by atoms with Crippen LogP contribution in [0.1, 0.15) is 38.7 Å². The Morgan fingerprint density at radius 1 is 1.25 bits per heavy atom. The van der Waals surface area contributed by atoms with Gasteiger partial charge in [-0.15, -0.1) is 0 Å². The van der Waals surface area contributed by atoms with Gasteiger partial charge < -0.3 is 10.2 Å². The van der Waals surface area contributed by atoms with Crippen LogP contribution in [0.4, 0.5) is 4.39 Å². The summed E-state index contributed by atoms with van der Waals surface area (Å²) >= 11 is 0. The van der Waals surface area contributed by atoms with Crippen molar-refractivity contribution in [1.29, 1.82) is 0 Å². The van der Waals surface area contributed by atoms with Crippen LogP contribution in [-0.2, 0) is 6.42 Å². The summed E-state index contributed by atoms with van der Waals surface area (Å²) in [7, 11) is 0. The van der Waals surface area contributed by atoms with Gasteiger partial charge in [0.1, 0.15) is 5.82 Å². The molecular formula is C17H27FN2. The van der Waals surface area contributed by atoms with Gasteiger partial charge in [-0.05, 0) is 50.4 Å². The molecule has 1 aromatic rings. The third-order valence-corrected chi connectivity index (χ3v) is 4.69. The minimum Gasteiger partial charge on any atom is -0.310 e. The van der Waals surface area contributed by atoms with Crippen LogP contribution in [0.15, 0.2) is 24.3 Å². The molecule has 0 unspecified atom stereocenters. The molecule has 0 saturated carbocycles. The SMILES string of the molecule is CCC1(CC)CN(CCc2ccccc2F)CCCN1. The van der Waals surface area contributed by atoms with Crippen molar-refractivity contribution < 1.29 is 4.39 Å². The van der Waals surface area contributed by atoms with Gasteiger partial charge in [0.2, 0.25) is 0 Å². The largest absolute Gasteiger partial charge is 0.310 e. The summed E-state index contributed by atoms with van der Waals surface area (Å²) in [5.74, 6) is -0.0716. The van der Waals surface area contributed by atoms with E-state index < -0.39 is 0 Å². The van der Waals surface area contributed by atoms with Gasteiger partial charge in [0, 0.05) is 18.6 Å². The predicted molar refractivity (Wildman–Crippen MR) is 82.5 cm³/mol. The van der Waals surface area contributed by atoms with E-state index >= 15 is 0 Å². The van der Waals surface area contributed by atoms with Gasteiger partial charge >= 0.3 is 0 Å². The van der Waals surface area contributed by atoms with E-state index in [1.165, 1.54) is 6.42 Å². The molecule has 112 valence electrons. The van der Waals surface area contributed by atoms with Crippen molar-refractivity contribution in [2.75, 3.05) is 26.2 Å². The molecule has 1 aliphatic rings. The first-order valence-electron chi connectivity index (χ1n) is 7.90. The number of hydrogen-bond acceptors (Lipinski definition) is 2. The Bertz CT molecular complexity index is 415. The molecule has 1 aliphatic heterocycles. The van der Waals surface area contributed by atoms with Crippen molar-refractivity contribution in [1.82, 2.24) is 10.2 Å². The maximum Gasteiger partial charge on any atom is 0.126 e. The molecule has 0 aliphatic carbocycles. The summed E-state index contributed by atoms with van der Waals surface area (Å²) < 4.78 is 13.7. The van der Waals surface area contributed by atoms with Gasteiger partial charge in [0.15, 0.2) is 0 Å². The molecule has 20 heavy (non-hydrogen) atoms. The predicted octanol–water partition coefficient (Wildman–Crippen LogP) is 3.22. The molecule has 0 bridgehead atoms. The molecule has 0 spiro atoms. The Morgan fingerprint density at radius 2 is 2.00 bits per heavy atom. The minimum absolute atomic E-state index is 0.0716. The fraction of sp³-hybridized carbons (Fsp3) is 0.647. The van der Waals surface area contributed by atoms with Crippen molar-refractivity contribution >= 4 is 0 Å². The van der Waals surface area contributed by atoms with Crippen LogP contribution < -0.4 is 5.32 Å². The van der Waals surface area contributed by atoms with E-state index in [-0.39, 0.29) is 11.4 Å². The summed E-state index contributed by atoms with van der Waals surface area (Å²) in [6.07, 6.45) is 4.29. The Balaban J connectivity index is 1.96. The third-order valence-electron chi connectivity index (χ3n) is 4.69. The Morgan fingerprint density at radius 3 is 2.70 bits per heavy atom. The Labute approximate surface area is 122 Å². The molecule has 0 amide bonds. The molecule has 2 nitrogen and oxygen atoms in total. The number of nitrogens with one attached hydrogen (secondary N) is 1. The quantitative estimate of drug-likeness (QED) is 0.889. The molecular weight excluding hydrogens is 251 g/mol. The van der Waals surface area contributed by atoms with Crippen molar-refractivity contribution in [2.24, 2.45) is 0 Å². The Kier molecular flexibility index (Phi) is 5.55. The second kappa shape index (κ2) is 7.19. The van der Waals surface area contributed by atoms with Crippen LogP contribution in [0, 0.1) is 5.82 Å². The molecule has 3 heteroatoms. The summed E-state index contributed by atoms with van der Waals surface area (Å²) in [6, 6.07) is 7.14. The Hall–Kier alpha value is -0.930. The molecule has 1 heterocycles. The average Bonchev–Trinajstić information content (AvgIpc) is 2.69. The van der Waals surface area contributed by atoms with Gasteiger partial charge in [0.05, 0.1) is 0 Å². The molecule has 0 atom stereocenters. The molecule has 2 rings (SSSR count). The highest BCUT2D eigenvalue weighted by Crippen LogP contribution is 2.20. The lowest BCUT2D eigenvalue weighted by Gasteiger charge is -2.35. The minimum atomic E-state index is -0.0716. The molecule has 0 aromatic heterocycles. The maximum atomic E-state index is 13.7. The van der Waals surface area contributed by atoms with E-state index in [4.69, 9.17) is 0 Å². The average molecular weight is 278 g/mol. The third kappa shape index (κ3) is 3.80. The van der Waals surface area contributed by atoms with Gasteiger partial charge in [-0.25, -0.2) is 4.39 Å². The molecule has 1 saturated heterocycles. The van der Waals surface area contributed by atoms with Crippen molar-refractivity contribution in [2.45, 2.75) is 45.1 Å². The topological polar surface area (TPSA) is 15.3 Å². The van der Waals surface area contributed by atoms with E-state index in [9.17, 15) is 4.39 Å².